The molecule has 2 unspecified atom stereocenters. The summed E-state index contributed by atoms with van der Waals surface area (Å²) in [6.07, 6.45) is -13.6. The van der Waals surface area contributed by atoms with Gasteiger partial charge in [0.2, 0.25) is 5.75 Å². The third-order valence-corrected chi connectivity index (χ3v) is 7.53. The summed E-state index contributed by atoms with van der Waals surface area (Å²) >= 11 is 0. The molecule has 2 fully saturated rings. The van der Waals surface area contributed by atoms with E-state index in [-0.39, 0.29) is 28.6 Å². The summed E-state index contributed by atoms with van der Waals surface area (Å²) in [5, 5.41) is 94.4. The standard InChI is InChI=1S/C27H30O15/c1-38-13-3-8(4-14(39-2)20(13)33)12-5-9(28)15-21(34)16(26-23(36)18(31)10(29)6-40-26)22(35)17(25(15)42-12)27-24(37)19(32)11(30)7-41-27/h3-5,10-11,18-19,23-24,26-27,29-37H,6-7H2,1-2H3/t10-,11-,18-,19-,23?,24?,26-,27-/m0/s1. The SMILES string of the molecule is COc1cc(-c2cc(=O)c3c(O)c([C@@H]4OC[C@H](O)[C@H](O)C4O)c(O)c([C@@H]4OC[C@H](O)[C@H](O)C4O)c3o2)cc(OC)c1O. The van der Waals surface area contributed by atoms with Gasteiger partial charge in [-0.2, -0.15) is 0 Å². The van der Waals surface area contributed by atoms with Crippen molar-refractivity contribution in [1.29, 1.82) is 0 Å². The Morgan fingerprint density at radius 2 is 1.19 bits per heavy atom. The molecule has 2 aromatic carbocycles. The number of rotatable bonds is 5. The molecule has 42 heavy (non-hydrogen) atoms. The van der Waals surface area contributed by atoms with E-state index in [1.54, 1.807) is 0 Å². The minimum Gasteiger partial charge on any atom is -0.507 e. The van der Waals surface area contributed by atoms with E-state index in [4.69, 9.17) is 23.4 Å². The molecule has 9 N–H and O–H groups in total. The molecule has 228 valence electrons. The first kappa shape index (κ1) is 29.8. The van der Waals surface area contributed by atoms with E-state index >= 15 is 0 Å². The summed E-state index contributed by atoms with van der Waals surface area (Å²) in [7, 11) is 2.56. The number of aliphatic hydroxyl groups excluding tert-OH is 6. The predicted molar refractivity (Wildman–Crippen MR) is 139 cm³/mol. The van der Waals surface area contributed by atoms with E-state index in [9.17, 15) is 50.8 Å². The lowest BCUT2D eigenvalue weighted by Gasteiger charge is -2.38. The first-order valence-electron chi connectivity index (χ1n) is 12.7. The van der Waals surface area contributed by atoms with Gasteiger partial charge in [0.05, 0.1) is 38.6 Å². The first-order chi connectivity index (χ1) is 19.9. The zero-order chi connectivity index (χ0) is 30.6. The van der Waals surface area contributed by atoms with E-state index in [1.807, 2.05) is 0 Å². The zero-order valence-corrected chi connectivity index (χ0v) is 22.2. The molecule has 3 heterocycles. The van der Waals surface area contributed by atoms with Crippen molar-refractivity contribution in [3.05, 3.63) is 39.5 Å². The number of methoxy groups -OCH3 is 2. The first-order valence-corrected chi connectivity index (χ1v) is 12.7. The molecule has 0 aliphatic carbocycles. The molecule has 15 heteroatoms. The predicted octanol–water partition coefficient (Wildman–Crippen LogP) is -1.10. The maximum absolute atomic E-state index is 13.5. The minimum absolute atomic E-state index is 0.0410. The second kappa shape index (κ2) is 11.2. The molecule has 5 rings (SSSR count). The molecular weight excluding hydrogens is 564 g/mol. The Hall–Kier alpha value is -3.67. The molecule has 8 atom stereocenters. The quantitative estimate of drug-likeness (QED) is 0.170. The number of benzene rings is 2. The van der Waals surface area contributed by atoms with E-state index in [1.165, 1.54) is 26.4 Å². The van der Waals surface area contributed by atoms with Crippen LogP contribution in [0.15, 0.2) is 27.4 Å². The summed E-state index contributed by atoms with van der Waals surface area (Å²) in [5.41, 5.74) is -2.27. The van der Waals surface area contributed by atoms with Gasteiger partial charge in [-0.05, 0) is 12.1 Å². The number of aromatic hydroxyl groups is 3. The number of hydrogen-bond acceptors (Lipinski definition) is 15. The number of fused-ring (bicyclic) bond motifs is 1. The Labute approximate surface area is 236 Å². The second-order valence-electron chi connectivity index (χ2n) is 10.0. The molecule has 3 aromatic rings. The molecule has 2 aliphatic heterocycles. The summed E-state index contributed by atoms with van der Waals surface area (Å²) < 4.78 is 27.3. The molecule has 1 aromatic heterocycles. The maximum atomic E-state index is 13.5. The zero-order valence-electron chi connectivity index (χ0n) is 22.2. The topological polar surface area (TPSA) is 249 Å². The van der Waals surface area contributed by atoms with Crippen LogP contribution in [0.25, 0.3) is 22.3 Å². The van der Waals surface area contributed by atoms with Gasteiger partial charge in [0.15, 0.2) is 22.5 Å². The van der Waals surface area contributed by atoms with E-state index < -0.39 is 101 Å². The van der Waals surface area contributed by atoms with Crippen LogP contribution in [-0.2, 0) is 9.47 Å². The van der Waals surface area contributed by atoms with E-state index in [2.05, 4.69) is 0 Å². The summed E-state index contributed by atoms with van der Waals surface area (Å²) in [6.45, 7) is -1.02. The van der Waals surface area contributed by atoms with Crippen molar-refractivity contribution in [3.8, 4) is 40.1 Å². The van der Waals surface area contributed by atoms with Gasteiger partial charge in [0.1, 0.15) is 71.5 Å². The second-order valence-corrected chi connectivity index (χ2v) is 10.0. The van der Waals surface area contributed by atoms with Crippen LogP contribution in [0.1, 0.15) is 23.3 Å². The van der Waals surface area contributed by atoms with Crippen LogP contribution < -0.4 is 14.9 Å². The number of aliphatic hydroxyl groups is 6. The van der Waals surface area contributed by atoms with Crippen LogP contribution in [0.4, 0.5) is 0 Å². The molecular formula is C27H30O15. The smallest absolute Gasteiger partial charge is 0.200 e. The molecule has 0 saturated carbocycles. The van der Waals surface area contributed by atoms with Crippen LogP contribution >= 0.6 is 0 Å². The van der Waals surface area contributed by atoms with Crippen LogP contribution in [0.5, 0.6) is 28.7 Å². The molecule has 0 bridgehead atoms. The van der Waals surface area contributed by atoms with Gasteiger partial charge in [-0.3, -0.25) is 4.79 Å². The van der Waals surface area contributed by atoms with Crippen molar-refractivity contribution < 1.29 is 69.3 Å². The fourth-order valence-electron chi connectivity index (χ4n) is 5.24. The highest BCUT2D eigenvalue weighted by Crippen LogP contribution is 2.50. The number of phenols is 3. The highest BCUT2D eigenvalue weighted by molar-refractivity contribution is 5.92. The number of phenolic OH excluding ortho intramolecular Hbond substituents is 3. The Morgan fingerprint density at radius 3 is 1.69 bits per heavy atom. The van der Waals surface area contributed by atoms with Gasteiger partial charge in [0, 0.05) is 11.6 Å². The van der Waals surface area contributed by atoms with Crippen molar-refractivity contribution in [2.45, 2.75) is 48.8 Å². The lowest BCUT2D eigenvalue weighted by Crippen LogP contribution is -2.49. The Bertz CT molecular complexity index is 1530. The normalized spacial score (nSPS) is 29.9. The van der Waals surface area contributed by atoms with Gasteiger partial charge < -0.3 is 69.3 Å². The molecule has 2 aliphatic rings. The van der Waals surface area contributed by atoms with E-state index in [0.717, 1.165) is 6.07 Å². The molecule has 15 nitrogen and oxygen atoms in total. The third-order valence-electron chi connectivity index (χ3n) is 7.53. The summed E-state index contributed by atoms with van der Waals surface area (Å²) in [4.78, 5) is 13.5. The van der Waals surface area contributed by atoms with Gasteiger partial charge in [-0.1, -0.05) is 0 Å². The Morgan fingerprint density at radius 1 is 0.690 bits per heavy atom. The highest BCUT2D eigenvalue weighted by atomic mass is 16.5. The van der Waals surface area contributed by atoms with Crippen molar-refractivity contribution in [1.82, 2.24) is 0 Å². The van der Waals surface area contributed by atoms with Crippen molar-refractivity contribution in [2.24, 2.45) is 0 Å². The Balaban J connectivity index is 1.81. The average Bonchev–Trinajstić information content (AvgIpc) is 2.96. The largest absolute Gasteiger partial charge is 0.507 e. The fraction of sp³-hybridized carbons (Fsp3) is 0.444. The molecule has 0 radical (unpaired) electrons. The maximum Gasteiger partial charge on any atom is 0.200 e. The van der Waals surface area contributed by atoms with Crippen LogP contribution in [0, 0.1) is 0 Å². The third kappa shape index (κ3) is 4.69. The fourth-order valence-corrected chi connectivity index (χ4v) is 5.24. The molecule has 0 amide bonds. The monoisotopic (exact) mass is 594 g/mol. The number of hydrogen-bond donors (Lipinski definition) is 9. The van der Waals surface area contributed by atoms with E-state index in [0.29, 0.717) is 0 Å². The summed E-state index contributed by atoms with van der Waals surface area (Å²) in [6, 6.07) is 3.62. The molecule has 0 spiro atoms. The highest BCUT2D eigenvalue weighted by Gasteiger charge is 2.46. The van der Waals surface area contributed by atoms with Crippen LogP contribution in [-0.4, -0.2) is 110 Å². The summed E-state index contributed by atoms with van der Waals surface area (Å²) in [5.74, 6) is -2.37. The average molecular weight is 595 g/mol. The van der Waals surface area contributed by atoms with Gasteiger partial charge in [-0.25, -0.2) is 0 Å². The number of ether oxygens (including phenoxy) is 4. The Kier molecular flexibility index (Phi) is 7.95. The van der Waals surface area contributed by atoms with Crippen molar-refractivity contribution in [3.63, 3.8) is 0 Å². The van der Waals surface area contributed by atoms with Gasteiger partial charge >= 0.3 is 0 Å². The lowest BCUT2D eigenvalue weighted by atomic mass is 9.87. The van der Waals surface area contributed by atoms with Gasteiger partial charge in [0.25, 0.3) is 0 Å². The lowest BCUT2D eigenvalue weighted by molar-refractivity contribution is -0.191. The van der Waals surface area contributed by atoms with Crippen LogP contribution in [0.3, 0.4) is 0 Å². The van der Waals surface area contributed by atoms with Crippen LogP contribution in [0.2, 0.25) is 0 Å². The molecule has 2 saturated heterocycles. The van der Waals surface area contributed by atoms with Gasteiger partial charge in [-0.15, -0.1) is 0 Å². The van der Waals surface area contributed by atoms with Crippen molar-refractivity contribution in [2.75, 3.05) is 27.4 Å². The van der Waals surface area contributed by atoms with Crippen molar-refractivity contribution >= 4 is 11.0 Å². The minimum atomic E-state index is -1.89.